The number of thioether (sulfide) groups is 1. The van der Waals surface area contributed by atoms with Crippen molar-refractivity contribution in [2.45, 2.75) is 41.4 Å². The molecule has 0 saturated heterocycles. The SMILES string of the molecule is CNC1(C(N)=O)CCCC(Sc2cnn(C)c2)C1. The van der Waals surface area contributed by atoms with Crippen molar-refractivity contribution in [1.29, 1.82) is 0 Å². The molecule has 2 unspecified atom stereocenters. The number of aromatic nitrogens is 2. The predicted molar refractivity (Wildman–Crippen MR) is 72.3 cm³/mol. The Morgan fingerprint density at radius 1 is 1.72 bits per heavy atom. The van der Waals surface area contributed by atoms with Crippen molar-refractivity contribution in [2.75, 3.05) is 7.05 Å². The summed E-state index contributed by atoms with van der Waals surface area (Å²) in [5.41, 5.74) is 5.02. The molecule has 5 nitrogen and oxygen atoms in total. The van der Waals surface area contributed by atoms with Crippen molar-refractivity contribution in [2.24, 2.45) is 12.8 Å². The molecule has 18 heavy (non-hydrogen) atoms. The topological polar surface area (TPSA) is 72.9 Å². The summed E-state index contributed by atoms with van der Waals surface area (Å²) in [5.74, 6) is -0.235. The molecule has 0 aliphatic heterocycles. The summed E-state index contributed by atoms with van der Waals surface area (Å²) >= 11 is 1.79. The summed E-state index contributed by atoms with van der Waals surface area (Å²) in [6.45, 7) is 0. The van der Waals surface area contributed by atoms with Crippen molar-refractivity contribution in [3.63, 3.8) is 0 Å². The average Bonchev–Trinajstić information content (AvgIpc) is 2.74. The number of nitrogens with two attached hydrogens (primary N) is 1. The highest BCUT2D eigenvalue weighted by Gasteiger charge is 2.40. The first-order valence-corrected chi connectivity index (χ1v) is 7.08. The second-order valence-electron chi connectivity index (χ2n) is 4.88. The molecule has 1 heterocycles. The molecule has 0 bridgehead atoms. The van der Waals surface area contributed by atoms with Gasteiger partial charge in [0, 0.05) is 23.4 Å². The Balaban J connectivity index is 2.04. The Morgan fingerprint density at radius 3 is 3.06 bits per heavy atom. The zero-order valence-electron chi connectivity index (χ0n) is 10.8. The van der Waals surface area contributed by atoms with Crippen LogP contribution < -0.4 is 11.1 Å². The second kappa shape index (κ2) is 5.32. The van der Waals surface area contributed by atoms with Crippen molar-refractivity contribution in [3.8, 4) is 0 Å². The van der Waals surface area contributed by atoms with Gasteiger partial charge in [-0.25, -0.2) is 0 Å². The van der Waals surface area contributed by atoms with Gasteiger partial charge in [0.2, 0.25) is 5.91 Å². The first-order valence-electron chi connectivity index (χ1n) is 6.20. The van der Waals surface area contributed by atoms with Gasteiger partial charge in [0.15, 0.2) is 0 Å². The van der Waals surface area contributed by atoms with Gasteiger partial charge in [0.25, 0.3) is 0 Å². The molecule has 1 amide bonds. The fourth-order valence-corrected chi connectivity index (χ4v) is 3.91. The Morgan fingerprint density at radius 2 is 2.50 bits per heavy atom. The number of nitrogens with zero attached hydrogens (tertiary/aromatic N) is 2. The zero-order valence-corrected chi connectivity index (χ0v) is 11.7. The molecule has 1 aliphatic rings. The maximum Gasteiger partial charge on any atom is 0.237 e. The van der Waals surface area contributed by atoms with E-state index < -0.39 is 5.54 Å². The van der Waals surface area contributed by atoms with Gasteiger partial charge >= 0.3 is 0 Å². The summed E-state index contributed by atoms with van der Waals surface area (Å²) in [4.78, 5) is 12.8. The third-order valence-electron chi connectivity index (χ3n) is 3.64. The zero-order chi connectivity index (χ0) is 13.2. The van der Waals surface area contributed by atoms with Crippen LogP contribution in [-0.4, -0.2) is 33.5 Å². The van der Waals surface area contributed by atoms with E-state index in [-0.39, 0.29) is 5.91 Å². The van der Waals surface area contributed by atoms with Gasteiger partial charge in [-0.05, 0) is 32.7 Å². The molecule has 1 aromatic rings. The standard InChI is InChI=1S/C12H20N4OS/c1-14-12(11(13)17)5-3-4-9(6-12)18-10-7-15-16(2)8-10/h7-9,14H,3-6H2,1-2H3,(H2,13,17). The van der Waals surface area contributed by atoms with Gasteiger partial charge in [-0.2, -0.15) is 5.10 Å². The lowest BCUT2D eigenvalue weighted by Crippen LogP contribution is -2.57. The number of hydrogen-bond donors (Lipinski definition) is 2. The Labute approximate surface area is 111 Å². The normalized spacial score (nSPS) is 28.2. The van der Waals surface area contributed by atoms with Crippen LogP contribution in [0.4, 0.5) is 0 Å². The molecule has 0 spiro atoms. The lowest BCUT2D eigenvalue weighted by Gasteiger charge is -2.37. The molecule has 3 N–H and O–H groups in total. The van der Waals surface area contributed by atoms with Crippen molar-refractivity contribution in [1.82, 2.24) is 15.1 Å². The summed E-state index contributed by atoms with van der Waals surface area (Å²) in [5, 5.41) is 7.71. The van der Waals surface area contributed by atoms with E-state index in [2.05, 4.69) is 10.4 Å². The first-order chi connectivity index (χ1) is 8.55. The number of aryl methyl sites for hydroxylation is 1. The van der Waals surface area contributed by atoms with Gasteiger partial charge < -0.3 is 11.1 Å². The van der Waals surface area contributed by atoms with Crippen LogP contribution in [0.2, 0.25) is 0 Å². The van der Waals surface area contributed by atoms with Gasteiger partial charge in [-0.15, -0.1) is 11.8 Å². The largest absolute Gasteiger partial charge is 0.368 e. The molecule has 0 radical (unpaired) electrons. The first kappa shape index (κ1) is 13.4. The number of primary amides is 1. The van der Waals surface area contributed by atoms with Gasteiger partial charge in [-0.3, -0.25) is 9.48 Å². The molecule has 100 valence electrons. The molecule has 2 rings (SSSR count). The number of likely N-dealkylation sites (N-methyl/N-ethyl adjacent to an activating group) is 1. The van der Waals surface area contributed by atoms with Crippen LogP contribution in [0.5, 0.6) is 0 Å². The molecule has 2 atom stereocenters. The number of hydrogen-bond acceptors (Lipinski definition) is 4. The summed E-state index contributed by atoms with van der Waals surface area (Å²) in [6.07, 6.45) is 7.65. The van der Waals surface area contributed by atoms with Gasteiger partial charge in [0.1, 0.15) is 0 Å². The van der Waals surface area contributed by atoms with Crippen LogP contribution in [0.25, 0.3) is 0 Å². The number of nitrogens with one attached hydrogen (secondary N) is 1. The van der Waals surface area contributed by atoms with Gasteiger partial charge in [-0.1, -0.05) is 0 Å². The van der Waals surface area contributed by atoms with E-state index in [1.54, 1.807) is 16.4 Å². The molecule has 0 aromatic carbocycles. The van der Waals surface area contributed by atoms with E-state index in [0.717, 1.165) is 30.6 Å². The number of carbonyl (C=O) groups is 1. The Kier molecular flexibility index (Phi) is 3.97. The van der Waals surface area contributed by atoms with E-state index >= 15 is 0 Å². The smallest absolute Gasteiger partial charge is 0.237 e. The van der Waals surface area contributed by atoms with E-state index in [4.69, 9.17) is 5.73 Å². The van der Waals surface area contributed by atoms with E-state index in [9.17, 15) is 4.79 Å². The molecule has 1 fully saturated rings. The summed E-state index contributed by atoms with van der Waals surface area (Å²) < 4.78 is 1.80. The molecule has 1 aliphatic carbocycles. The van der Waals surface area contributed by atoms with Crippen molar-refractivity contribution < 1.29 is 4.79 Å². The van der Waals surface area contributed by atoms with E-state index in [1.807, 2.05) is 26.5 Å². The molecule has 6 heteroatoms. The van der Waals surface area contributed by atoms with E-state index in [1.165, 1.54) is 0 Å². The second-order valence-corrected chi connectivity index (χ2v) is 6.26. The fraction of sp³-hybridized carbons (Fsp3) is 0.667. The number of carbonyl (C=O) groups excluding carboxylic acids is 1. The Hall–Kier alpha value is -1.01. The predicted octanol–water partition coefficient (Wildman–Crippen LogP) is 0.898. The maximum atomic E-state index is 11.6. The lowest BCUT2D eigenvalue weighted by molar-refractivity contribution is -0.125. The minimum atomic E-state index is -0.530. The van der Waals surface area contributed by atoms with Crippen LogP contribution in [0.15, 0.2) is 17.3 Å². The van der Waals surface area contributed by atoms with Crippen molar-refractivity contribution >= 4 is 17.7 Å². The number of amides is 1. The minimum absolute atomic E-state index is 0.235. The third kappa shape index (κ3) is 2.70. The highest BCUT2D eigenvalue weighted by atomic mass is 32.2. The maximum absolute atomic E-state index is 11.6. The lowest BCUT2D eigenvalue weighted by atomic mass is 9.81. The third-order valence-corrected chi connectivity index (χ3v) is 4.86. The number of rotatable bonds is 4. The van der Waals surface area contributed by atoms with Crippen molar-refractivity contribution in [3.05, 3.63) is 12.4 Å². The highest BCUT2D eigenvalue weighted by molar-refractivity contribution is 8.00. The molecule has 1 saturated carbocycles. The fourth-order valence-electron chi connectivity index (χ4n) is 2.55. The quantitative estimate of drug-likeness (QED) is 0.851. The average molecular weight is 268 g/mol. The molecular formula is C12H20N4OS. The Bertz CT molecular complexity index is 433. The summed E-state index contributed by atoms with van der Waals surface area (Å²) in [6, 6.07) is 0. The highest BCUT2D eigenvalue weighted by Crippen LogP contribution is 2.37. The molecule has 1 aromatic heterocycles. The van der Waals surface area contributed by atoms with Crippen LogP contribution >= 0.6 is 11.8 Å². The van der Waals surface area contributed by atoms with E-state index in [0.29, 0.717) is 5.25 Å². The monoisotopic (exact) mass is 268 g/mol. The van der Waals surface area contributed by atoms with Crippen LogP contribution in [0, 0.1) is 0 Å². The van der Waals surface area contributed by atoms with Gasteiger partial charge in [0.05, 0.1) is 11.7 Å². The minimum Gasteiger partial charge on any atom is -0.368 e. The van der Waals surface area contributed by atoms with Crippen LogP contribution in [0.3, 0.4) is 0 Å². The molecular weight excluding hydrogens is 248 g/mol. The van der Waals surface area contributed by atoms with Crippen LogP contribution in [-0.2, 0) is 11.8 Å². The van der Waals surface area contributed by atoms with Crippen LogP contribution in [0.1, 0.15) is 25.7 Å². The summed E-state index contributed by atoms with van der Waals surface area (Å²) in [7, 11) is 3.73.